The fourth-order valence-corrected chi connectivity index (χ4v) is 1.62. The molecule has 1 fully saturated rings. The Labute approximate surface area is 97.3 Å². The molecule has 1 saturated heterocycles. The summed E-state index contributed by atoms with van der Waals surface area (Å²) in [6.07, 6.45) is -6.33. The van der Waals surface area contributed by atoms with Crippen LogP contribution in [0.25, 0.3) is 0 Å². The standard InChI is InChI=1S/C9H16O8/c1-4(11)16-9(3-10)7(14)5(12)6(13)8(15-2)17-9/h5-8,10,12-14H,3H2,1-2H3/t5-,6+,7-,8+,9?/m1/s1. The Kier molecular flexibility index (Phi) is 4.42. The van der Waals surface area contributed by atoms with Crippen molar-refractivity contribution in [3.63, 3.8) is 0 Å². The van der Waals surface area contributed by atoms with Crippen molar-refractivity contribution in [1.82, 2.24) is 0 Å². The SMILES string of the molecule is CO[C@H]1OC(CO)(OC(C)=O)[C@H](O)[C@H](O)[C@@H]1O. The van der Waals surface area contributed by atoms with Crippen molar-refractivity contribution in [1.29, 1.82) is 0 Å². The van der Waals surface area contributed by atoms with Gasteiger partial charge in [0.2, 0.25) is 0 Å². The van der Waals surface area contributed by atoms with Gasteiger partial charge in [-0.3, -0.25) is 4.79 Å². The van der Waals surface area contributed by atoms with Crippen molar-refractivity contribution in [3.05, 3.63) is 0 Å². The second-order valence-electron chi connectivity index (χ2n) is 3.71. The molecule has 1 rings (SSSR count). The molecule has 1 aliphatic rings. The van der Waals surface area contributed by atoms with Gasteiger partial charge < -0.3 is 34.6 Å². The molecule has 4 N–H and O–H groups in total. The van der Waals surface area contributed by atoms with Crippen LogP contribution in [-0.4, -0.2) is 70.5 Å². The number of carbonyl (C=O) groups excluding carboxylic acids is 1. The highest BCUT2D eigenvalue weighted by Gasteiger charge is 2.56. The fourth-order valence-electron chi connectivity index (χ4n) is 1.62. The summed E-state index contributed by atoms with van der Waals surface area (Å²) >= 11 is 0. The van der Waals surface area contributed by atoms with E-state index < -0.39 is 43.0 Å². The lowest BCUT2D eigenvalue weighted by Crippen LogP contribution is -2.67. The summed E-state index contributed by atoms with van der Waals surface area (Å²) in [7, 11) is 1.19. The number of aliphatic hydroxyl groups is 4. The minimum atomic E-state index is -2.15. The molecule has 1 aliphatic heterocycles. The first-order chi connectivity index (χ1) is 7.88. The number of hydrogen-bond donors (Lipinski definition) is 4. The van der Waals surface area contributed by atoms with Gasteiger partial charge >= 0.3 is 5.97 Å². The number of hydrogen-bond acceptors (Lipinski definition) is 8. The highest BCUT2D eigenvalue weighted by molar-refractivity contribution is 5.66. The lowest BCUT2D eigenvalue weighted by atomic mass is 9.96. The number of rotatable bonds is 3. The molecule has 0 aromatic rings. The summed E-state index contributed by atoms with van der Waals surface area (Å²) in [6, 6.07) is 0. The van der Waals surface area contributed by atoms with Crippen LogP contribution in [-0.2, 0) is 19.0 Å². The van der Waals surface area contributed by atoms with E-state index in [1.165, 1.54) is 7.11 Å². The molecule has 17 heavy (non-hydrogen) atoms. The monoisotopic (exact) mass is 252 g/mol. The summed E-state index contributed by atoms with van der Waals surface area (Å²) in [4.78, 5) is 10.9. The minimum absolute atomic E-state index is 0.823. The zero-order valence-corrected chi connectivity index (χ0v) is 9.44. The molecule has 5 atom stereocenters. The van der Waals surface area contributed by atoms with Gasteiger partial charge in [-0.15, -0.1) is 0 Å². The zero-order valence-electron chi connectivity index (χ0n) is 9.44. The van der Waals surface area contributed by atoms with Gasteiger partial charge in [0.1, 0.15) is 18.8 Å². The Hall–Kier alpha value is -0.770. The number of esters is 1. The Bertz CT molecular complexity index is 280. The molecule has 1 heterocycles. The molecular formula is C9H16O8. The molecule has 0 saturated carbocycles. The lowest BCUT2D eigenvalue weighted by Gasteiger charge is -2.45. The first-order valence-electron chi connectivity index (χ1n) is 4.93. The molecule has 0 aromatic heterocycles. The van der Waals surface area contributed by atoms with E-state index in [0.29, 0.717) is 0 Å². The van der Waals surface area contributed by atoms with E-state index in [4.69, 9.17) is 14.6 Å². The maximum absolute atomic E-state index is 10.9. The number of methoxy groups -OCH3 is 1. The van der Waals surface area contributed by atoms with Crippen LogP contribution < -0.4 is 0 Å². The molecule has 0 radical (unpaired) electrons. The van der Waals surface area contributed by atoms with Crippen molar-refractivity contribution in [2.24, 2.45) is 0 Å². The van der Waals surface area contributed by atoms with E-state index in [2.05, 4.69) is 4.74 Å². The van der Waals surface area contributed by atoms with E-state index in [-0.39, 0.29) is 0 Å². The van der Waals surface area contributed by atoms with Crippen molar-refractivity contribution >= 4 is 5.97 Å². The second kappa shape index (κ2) is 5.25. The van der Waals surface area contributed by atoms with Gasteiger partial charge in [0.05, 0.1) is 0 Å². The molecule has 0 bridgehead atoms. The van der Waals surface area contributed by atoms with Gasteiger partial charge in [-0.2, -0.15) is 0 Å². The van der Waals surface area contributed by atoms with Crippen LogP contribution >= 0.6 is 0 Å². The topological polar surface area (TPSA) is 126 Å². The van der Waals surface area contributed by atoms with Gasteiger partial charge in [-0.25, -0.2) is 0 Å². The van der Waals surface area contributed by atoms with Gasteiger partial charge in [0.15, 0.2) is 12.4 Å². The molecule has 0 aliphatic carbocycles. The van der Waals surface area contributed by atoms with Crippen LogP contribution in [0.4, 0.5) is 0 Å². The average Bonchev–Trinajstić information content (AvgIpc) is 2.29. The van der Waals surface area contributed by atoms with Gasteiger partial charge in [0, 0.05) is 14.0 Å². The number of ether oxygens (including phenoxy) is 3. The fraction of sp³-hybridized carbons (Fsp3) is 0.889. The molecular weight excluding hydrogens is 236 g/mol. The molecule has 0 amide bonds. The summed E-state index contributed by atoms with van der Waals surface area (Å²) in [5, 5.41) is 37.9. The minimum Gasteiger partial charge on any atom is -0.428 e. The predicted octanol–water partition coefficient (Wildman–Crippen LogP) is -2.68. The molecule has 100 valence electrons. The molecule has 0 aromatic carbocycles. The van der Waals surface area contributed by atoms with Crippen LogP contribution in [0.1, 0.15) is 6.92 Å². The van der Waals surface area contributed by atoms with Crippen LogP contribution in [0.15, 0.2) is 0 Å². The summed E-state index contributed by atoms with van der Waals surface area (Å²) < 4.78 is 14.4. The molecule has 8 heteroatoms. The predicted molar refractivity (Wildman–Crippen MR) is 51.5 cm³/mol. The summed E-state index contributed by atoms with van der Waals surface area (Å²) in [5.41, 5.74) is 0. The lowest BCUT2D eigenvalue weighted by molar-refractivity contribution is -0.394. The van der Waals surface area contributed by atoms with E-state index in [1.807, 2.05) is 0 Å². The largest absolute Gasteiger partial charge is 0.428 e. The van der Waals surface area contributed by atoms with Crippen molar-refractivity contribution in [2.45, 2.75) is 37.3 Å². The Morgan fingerprint density at radius 2 is 1.94 bits per heavy atom. The Morgan fingerprint density at radius 1 is 1.35 bits per heavy atom. The van der Waals surface area contributed by atoms with Crippen LogP contribution in [0.5, 0.6) is 0 Å². The maximum atomic E-state index is 10.9. The van der Waals surface area contributed by atoms with Crippen LogP contribution in [0.3, 0.4) is 0 Å². The van der Waals surface area contributed by atoms with Crippen molar-refractivity contribution < 1.29 is 39.4 Å². The first kappa shape index (κ1) is 14.3. The molecule has 8 nitrogen and oxygen atoms in total. The third kappa shape index (κ3) is 2.57. The Morgan fingerprint density at radius 3 is 2.35 bits per heavy atom. The maximum Gasteiger partial charge on any atom is 0.305 e. The number of aliphatic hydroxyl groups excluding tert-OH is 4. The highest BCUT2D eigenvalue weighted by atomic mass is 16.8. The third-order valence-electron chi connectivity index (χ3n) is 2.49. The summed E-state index contributed by atoms with van der Waals surface area (Å²) in [6.45, 7) is 0.157. The first-order valence-corrected chi connectivity index (χ1v) is 4.93. The van der Waals surface area contributed by atoms with E-state index >= 15 is 0 Å². The van der Waals surface area contributed by atoms with Gasteiger partial charge in [0.25, 0.3) is 5.79 Å². The van der Waals surface area contributed by atoms with E-state index in [9.17, 15) is 20.1 Å². The average molecular weight is 252 g/mol. The number of carbonyl (C=O) groups is 1. The van der Waals surface area contributed by atoms with Crippen LogP contribution in [0.2, 0.25) is 0 Å². The molecule has 0 spiro atoms. The van der Waals surface area contributed by atoms with E-state index in [1.54, 1.807) is 0 Å². The van der Waals surface area contributed by atoms with Crippen molar-refractivity contribution in [3.8, 4) is 0 Å². The van der Waals surface area contributed by atoms with Crippen molar-refractivity contribution in [2.75, 3.05) is 13.7 Å². The molecule has 1 unspecified atom stereocenters. The van der Waals surface area contributed by atoms with Crippen LogP contribution in [0, 0.1) is 0 Å². The zero-order chi connectivity index (χ0) is 13.2. The smallest absolute Gasteiger partial charge is 0.305 e. The van der Waals surface area contributed by atoms with Gasteiger partial charge in [-0.1, -0.05) is 0 Å². The third-order valence-corrected chi connectivity index (χ3v) is 2.49. The van der Waals surface area contributed by atoms with Gasteiger partial charge in [-0.05, 0) is 0 Å². The normalized spacial score (nSPS) is 42.2. The summed E-state index contributed by atoms with van der Waals surface area (Å²) in [5.74, 6) is -2.97. The Balaban J connectivity index is 2.99. The van der Waals surface area contributed by atoms with E-state index in [0.717, 1.165) is 6.92 Å². The quantitative estimate of drug-likeness (QED) is 0.400. The second-order valence-corrected chi connectivity index (χ2v) is 3.71. The highest BCUT2D eigenvalue weighted by Crippen LogP contribution is 2.31.